The summed E-state index contributed by atoms with van der Waals surface area (Å²) < 4.78 is 11.4. The first-order valence-electron chi connectivity index (χ1n) is 8.14. The topological polar surface area (TPSA) is 45.9 Å². The zero-order valence-electron chi connectivity index (χ0n) is 13.8. The predicted molar refractivity (Wildman–Crippen MR) is 84.0 cm³/mol. The molecule has 1 unspecified atom stereocenters. The summed E-state index contributed by atoms with van der Waals surface area (Å²) in [6.45, 7) is 4.20. The van der Waals surface area contributed by atoms with E-state index in [2.05, 4.69) is 19.0 Å². The largest absolute Gasteiger partial charge is 0.469 e. The van der Waals surface area contributed by atoms with Crippen LogP contribution in [0.4, 0.5) is 0 Å². The molecular weight excluding hydrogens is 280 g/mol. The second-order valence-electron chi connectivity index (χ2n) is 6.82. The van der Waals surface area contributed by atoms with Gasteiger partial charge in [0.15, 0.2) is 0 Å². The number of hydrogen-bond acceptors (Lipinski definition) is 4. The Bertz CT molecular complexity index is 530. The van der Waals surface area contributed by atoms with E-state index >= 15 is 0 Å². The SMILES string of the molecule is Cc1occc1C(=O)N1CCC2(CC1)CC(N(C)C)CCO2. The van der Waals surface area contributed by atoms with Crippen molar-refractivity contribution < 1.29 is 13.9 Å². The molecule has 2 aliphatic rings. The van der Waals surface area contributed by atoms with Gasteiger partial charge in [-0.1, -0.05) is 0 Å². The third-order valence-electron chi connectivity index (χ3n) is 5.25. The molecule has 1 aromatic heterocycles. The number of piperidine rings is 1. The fourth-order valence-electron chi connectivity index (χ4n) is 3.69. The maximum absolute atomic E-state index is 12.5. The van der Waals surface area contributed by atoms with Crippen molar-refractivity contribution >= 4 is 5.91 Å². The summed E-state index contributed by atoms with van der Waals surface area (Å²) in [4.78, 5) is 16.8. The minimum atomic E-state index is -0.0323. The molecular formula is C17H26N2O3. The van der Waals surface area contributed by atoms with Gasteiger partial charge in [-0.15, -0.1) is 0 Å². The number of carbonyl (C=O) groups excluding carboxylic acids is 1. The highest BCUT2D eigenvalue weighted by Gasteiger charge is 2.41. The molecule has 0 bridgehead atoms. The Morgan fingerprint density at radius 3 is 2.68 bits per heavy atom. The monoisotopic (exact) mass is 306 g/mol. The fraction of sp³-hybridized carbons (Fsp3) is 0.706. The minimum Gasteiger partial charge on any atom is -0.469 e. The van der Waals surface area contributed by atoms with Crippen molar-refractivity contribution in [1.82, 2.24) is 9.80 Å². The third-order valence-corrected chi connectivity index (χ3v) is 5.25. The molecule has 1 aromatic rings. The lowest BCUT2D eigenvalue weighted by Gasteiger charge is -2.47. The van der Waals surface area contributed by atoms with Crippen LogP contribution in [0.2, 0.25) is 0 Å². The van der Waals surface area contributed by atoms with Crippen LogP contribution in [0.25, 0.3) is 0 Å². The van der Waals surface area contributed by atoms with Crippen molar-refractivity contribution in [3.8, 4) is 0 Å². The van der Waals surface area contributed by atoms with Gasteiger partial charge in [0.1, 0.15) is 5.76 Å². The van der Waals surface area contributed by atoms with E-state index in [4.69, 9.17) is 9.15 Å². The maximum atomic E-state index is 12.5. The van der Waals surface area contributed by atoms with Crippen LogP contribution >= 0.6 is 0 Å². The van der Waals surface area contributed by atoms with Crippen LogP contribution in [0.3, 0.4) is 0 Å². The second kappa shape index (κ2) is 6.05. The Balaban J connectivity index is 1.63. The summed E-state index contributed by atoms with van der Waals surface area (Å²) >= 11 is 0. The van der Waals surface area contributed by atoms with Crippen molar-refractivity contribution in [3.63, 3.8) is 0 Å². The van der Waals surface area contributed by atoms with Crippen LogP contribution in [-0.2, 0) is 4.74 Å². The number of amides is 1. The van der Waals surface area contributed by atoms with E-state index in [-0.39, 0.29) is 11.5 Å². The molecule has 3 rings (SSSR count). The Morgan fingerprint density at radius 2 is 2.09 bits per heavy atom. The molecule has 0 aliphatic carbocycles. The Hall–Kier alpha value is -1.33. The quantitative estimate of drug-likeness (QED) is 0.841. The Morgan fingerprint density at radius 1 is 1.36 bits per heavy atom. The van der Waals surface area contributed by atoms with Crippen LogP contribution < -0.4 is 0 Å². The predicted octanol–water partition coefficient (Wildman–Crippen LogP) is 2.30. The van der Waals surface area contributed by atoms with Crippen LogP contribution in [0.15, 0.2) is 16.7 Å². The van der Waals surface area contributed by atoms with Gasteiger partial charge in [0.05, 0.1) is 17.4 Å². The van der Waals surface area contributed by atoms with Gasteiger partial charge >= 0.3 is 0 Å². The van der Waals surface area contributed by atoms with E-state index in [1.165, 1.54) is 0 Å². The molecule has 22 heavy (non-hydrogen) atoms. The average molecular weight is 306 g/mol. The van der Waals surface area contributed by atoms with E-state index in [1.54, 1.807) is 12.3 Å². The standard InChI is InChI=1S/C17H26N2O3/c1-13-15(5-10-21-13)16(20)19-8-6-17(7-9-19)12-14(18(2)3)4-11-22-17/h5,10,14H,4,6-9,11-12H2,1-3H3. The maximum Gasteiger partial charge on any atom is 0.257 e. The first-order valence-corrected chi connectivity index (χ1v) is 8.14. The number of carbonyl (C=O) groups is 1. The summed E-state index contributed by atoms with van der Waals surface area (Å²) in [5.74, 6) is 0.785. The molecule has 0 aromatic carbocycles. The van der Waals surface area contributed by atoms with E-state index in [1.807, 2.05) is 11.8 Å². The third kappa shape index (κ3) is 2.92. The molecule has 0 radical (unpaired) electrons. The number of aryl methyl sites for hydroxylation is 1. The van der Waals surface area contributed by atoms with Crippen LogP contribution in [0.5, 0.6) is 0 Å². The highest BCUT2D eigenvalue weighted by Crippen LogP contribution is 2.36. The lowest BCUT2D eigenvalue weighted by atomic mass is 9.82. The highest BCUT2D eigenvalue weighted by molar-refractivity contribution is 5.95. The number of furan rings is 1. The highest BCUT2D eigenvalue weighted by atomic mass is 16.5. The van der Waals surface area contributed by atoms with Gasteiger partial charge in [-0.25, -0.2) is 0 Å². The zero-order valence-corrected chi connectivity index (χ0v) is 13.8. The molecule has 2 fully saturated rings. The van der Waals surface area contributed by atoms with Gasteiger partial charge in [0.25, 0.3) is 5.91 Å². The number of nitrogens with zero attached hydrogens (tertiary/aromatic N) is 2. The van der Waals surface area contributed by atoms with Gasteiger partial charge in [-0.3, -0.25) is 4.79 Å². The normalized spacial score (nSPS) is 24.9. The second-order valence-corrected chi connectivity index (χ2v) is 6.82. The minimum absolute atomic E-state index is 0.0323. The van der Waals surface area contributed by atoms with E-state index < -0.39 is 0 Å². The van der Waals surface area contributed by atoms with Crippen molar-refractivity contribution in [2.45, 2.75) is 44.2 Å². The average Bonchev–Trinajstić information content (AvgIpc) is 2.93. The van der Waals surface area contributed by atoms with Crippen LogP contribution in [0, 0.1) is 6.92 Å². The smallest absolute Gasteiger partial charge is 0.257 e. The van der Waals surface area contributed by atoms with Gasteiger partial charge in [0, 0.05) is 25.7 Å². The van der Waals surface area contributed by atoms with Gasteiger partial charge in [0.2, 0.25) is 0 Å². The molecule has 5 heteroatoms. The molecule has 2 aliphatic heterocycles. The summed E-state index contributed by atoms with van der Waals surface area (Å²) in [6.07, 6.45) is 5.62. The lowest BCUT2D eigenvalue weighted by Crippen LogP contribution is -2.53. The molecule has 2 saturated heterocycles. The number of hydrogen-bond donors (Lipinski definition) is 0. The summed E-state index contributed by atoms with van der Waals surface area (Å²) in [7, 11) is 4.29. The fourth-order valence-corrected chi connectivity index (χ4v) is 3.69. The van der Waals surface area contributed by atoms with E-state index in [9.17, 15) is 4.79 Å². The number of rotatable bonds is 2. The van der Waals surface area contributed by atoms with Crippen molar-refractivity contribution in [2.75, 3.05) is 33.8 Å². The number of likely N-dealkylation sites (tertiary alicyclic amines) is 1. The first kappa shape index (κ1) is 15.6. The zero-order chi connectivity index (χ0) is 15.7. The van der Waals surface area contributed by atoms with Crippen LogP contribution in [0.1, 0.15) is 41.8 Å². The molecule has 5 nitrogen and oxygen atoms in total. The lowest BCUT2D eigenvalue weighted by molar-refractivity contribution is -0.125. The summed E-state index contributed by atoms with van der Waals surface area (Å²) in [6, 6.07) is 2.36. The molecule has 0 saturated carbocycles. The number of ether oxygens (including phenoxy) is 1. The molecule has 122 valence electrons. The molecule has 1 amide bonds. The summed E-state index contributed by atoms with van der Waals surface area (Å²) in [5.41, 5.74) is 0.654. The summed E-state index contributed by atoms with van der Waals surface area (Å²) in [5, 5.41) is 0. The van der Waals surface area contributed by atoms with E-state index in [0.717, 1.165) is 45.4 Å². The Kier molecular flexibility index (Phi) is 4.28. The molecule has 1 spiro atoms. The van der Waals surface area contributed by atoms with Crippen molar-refractivity contribution in [3.05, 3.63) is 23.7 Å². The van der Waals surface area contributed by atoms with Crippen LogP contribution in [-0.4, -0.2) is 61.1 Å². The Labute approximate surface area is 132 Å². The van der Waals surface area contributed by atoms with Crippen molar-refractivity contribution in [1.29, 1.82) is 0 Å². The van der Waals surface area contributed by atoms with E-state index in [0.29, 0.717) is 17.4 Å². The first-order chi connectivity index (χ1) is 10.5. The van der Waals surface area contributed by atoms with Gasteiger partial charge in [-0.05, 0) is 52.8 Å². The van der Waals surface area contributed by atoms with Crippen molar-refractivity contribution in [2.24, 2.45) is 0 Å². The molecule has 3 heterocycles. The van der Waals surface area contributed by atoms with Gasteiger partial charge < -0.3 is 19.0 Å². The van der Waals surface area contributed by atoms with Gasteiger partial charge in [-0.2, -0.15) is 0 Å². The molecule has 1 atom stereocenters. The molecule has 0 N–H and O–H groups in total.